The molecule has 1 aliphatic heterocycles. The number of sulfone groups is 1. The maximum atomic E-state index is 11.8. The average Bonchev–Trinajstić information content (AvgIpc) is 2.76. The molecular formula is C14H28N4O3S. The van der Waals surface area contributed by atoms with Crippen LogP contribution in [-0.2, 0) is 14.6 Å². The van der Waals surface area contributed by atoms with Gasteiger partial charge in [-0.2, -0.15) is 0 Å². The Hall–Kier alpha value is -1.31. The molecule has 22 heavy (non-hydrogen) atoms. The normalized spacial score (nSPS) is 22.4. The van der Waals surface area contributed by atoms with Gasteiger partial charge in [0.25, 0.3) is 0 Å². The fourth-order valence-electron chi connectivity index (χ4n) is 2.08. The minimum Gasteiger partial charge on any atom is -0.356 e. The summed E-state index contributed by atoms with van der Waals surface area (Å²) in [6.45, 7) is 6.77. The summed E-state index contributed by atoms with van der Waals surface area (Å²) in [6, 6.07) is 0.0413. The lowest BCUT2D eigenvalue weighted by Crippen LogP contribution is -2.45. The molecule has 7 nitrogen and oxygen atoms in total. The highest BCUT2D eigenvalue weighted by atomic mass is 32.2. The van der Waals surface area contributed by atoms with Crippen molar-refractivity contribution in [3.05, 3.63) is 0 Å². The predicted molar refractivity (Wildman–Crippen MR) is 88.6 cm³/mol. The summed E-state index contributed by atoms with van der Waals surface area (Å²) in [4.78, 5) is 15.9. The van der Waals surface area contributed by atoms with Crippen LogP contribution in [0.15, 0.2) is 4.99 Å². The average molecular weight is 332 g/mol. The molecule has 0 aliphatic carbocycles. The monoisotopic (exact) mass is 332 g/mol. The summed E-state index contributed by atoms with van der Waals surface area (Å²) in [5, 5.41) is 9.11. The van der Waals surface area contributed by atoms with E-state index in [1.807, 2.05) is 0 Å². The predicted octanol–water partition coefficient (Wildman–Crippen LogP) is -0.111. The molecule has 0 aromatic heterocycles. The molecule has 1 saturated heterocycles. The molecule has 2 atom stereocenters. The lowest BCUT2D eigenvalue weighted by atomic mass is 10.1. The lowest BCUT2D eigenvalue weighted by Gasteiger charge is -2.20. The lowest BCUT2D eigenvalue weighted by molar-refractivity contribution is -0.121. The molecule has 3 N–H and O–H groups in total. The zero-order valence-corrected chi connectivity index (χ0v) is 14.7. The molecule has 0 aromatic carbocycles. The van der Waals surface area contributed by atoms with Gasteiger partial charge in [0.1, 0.15) is 0 Å². The van der Waals surface area contributed by atoms with Crippen molar-refractivity contribution in [1.29, 1.82) is 0 Å². The number of nitrogens with one attached hydrogen (secondary N) is 3. The van der Waals surface area contributed by atoms with E-state index in [4.69, 9.17) is 0 Å². The molecule has 1 heterocycles. The number of hydrogen-bond acceptors (Lipinski definition) is 4. The van der Waals surface area contributed by atoms with Crippen molar-refractivity contribution >= 4 is 21.7 Å². The van der Waals surface area contributed by atoms with E-state index in [9.17, 15) is 13.2 Å². The van der Waals surface area contributed by atoms with Crippen molar-refractivity contribution in [3.63, 3.8) is 0 Å². The van der Waals surface area contributed by atoms with Crippen LogP contribution in [0.25, 0.3) is 0 Å². The van der Waals surface area contributed by atoms with Gasteiger partial charge in [-0.05, 0) is 19.3 Å². The molecule has 0 saturated carbocycles. The van der Waals surface area contributed by atoms with Crippen LogP contribution in [0, 0.1) is 5.92 Å². The largest absolute Gasteiger partial charge is 0.356 e. The Balaban J connectivity index is 2.26. The Morgan fingerprint density at radius 1 is 1.32 bits per heavy atom. The zero-order valence-electron chi connectivity index (χ0n) is 13.8. The molecule has 0 spiro atoms. The summed E-state index contributed by atoms with van der Waals surface area (Å²) in [6.07, 6.45) is 0.796. The van der Waals surface area contributed by atoms with Gasteiger partial charge in [-0.15, -0.1) is 0 Å². The second-order valence-corrected chi connectivity index (χ2v) is 8.32. The van der Waals surface area contributed by atoms with Crippen LogP contribution in [0.5, 0.6) is 0 Å². The SMILES string of the molecule is CN=C(NCCC(=O)NC1CCS(=O)(=O)C1)NC(C)C(C)C. The summed E-state index contributed by atoms with van der Waals surface area (Å²) in [5.74, 6) is 1.23. The van der Waals surface area contributed by atoms with Gasteiger partial charge in [-0.25, -0.2) is 8.42 Å². The van der Waals surface area contributed by atoms with Crippen LogP contribution < -0.4 is 16.0 Å². The number of amides is 1. The van der Waals surface area contributed by atoms with Crippen molar-refractivity contribution < 1.29 is 13.2 Å². The van der Waals surface area contributed by atoms with E-state index < -0.39 is 9.84 Å². The highest BCUT2D eigenvalue weighted by molar-refractivity contribution is 7.91. The van der Waals surface area contributed by atoms with E-state index >= 15 is 0 Å². The number of carbonyl (C=O) groups excluding carboxylic acids is 1. The van der Waals surface area contributed by atoms with Crippen molar-refractivity contribution in [2.24, 2.45) is 10.9 Å². The first kappa shape index (κ1) is 18.7. The van der Waals surface area contributed by atoms with Crippen LogP contribution in [0.3, 0.4) is 0 Å². The van der Waals surface area contributed by atoms with Crippen molar-refractivity contribution in [2.45, 2.75) is 45.7 Å². The molecule has 0 radical (unpaired) electrons. The third-order valence-corrected chi connectivity index (χ3v) is 5.60. The third-order valence-electron chi connectivity index (χ3n) is 3.83. The topological polar surface area (TPSA) is 99.7 Å². The summed E-state index contributed by atoms with van der Waals surface area (Å²) in [7, 11) is -1.27. The first-order chi connectivity index (χ1) is 10.2. The fraction of sp³-hybridized carbons (Fsp3) is 0.857. The minimum absolute atomic E-state index is 0.0568. The van der Waals surface area contributed by atoms with Crippen molar-refractivity contribution in [1.82, 2.24) is 16.0 Å². The number of nitrogens with zero attached hydrogens (tertiary/aromatic N) is 1. The Kier molecular flexibility index (Phi) is 7.12. The first-order valence-corrected chi connectivity index (χ1v) is 9.52. The van der Waals surface area contributed by atoms with E-state index in [0.29, 0.717) is 24.8 Å². The van der Waals surface area contributed by atoms with Gasteiger partial charge in [0, 0.05) is 32.1 Å². The maximum Gasteiger partial charge on any atom is 0.222 e. The number of guanidine groups is 1. The smallest absolute Gasteiger partial charge is 0.222 e. The van der Waals surface area contributed by atoms with Crippen molar-refractivity contribution in [2.75, 3.05) is 25.1 Å². The number of rotatable bonds is 6. The highest BCUT2D eigenvalue weighted by Gasteiger charge is 2.28. The van der Waals surface area contributed by atoms with Crippen LogP contribution >= 0.6 is 0 Å². The summed E-state index contributed by atoms with van der Waals surface area (Å²) < 4.78 is 22.7. The van der Waals surface area contributed by atoms with E-state index in [1.54, 1.807) is 7.05 Å². The zero-order chi connectivity index (χ0) is 16.8. The molecule has 1 rings (SSSR count). The van der Waals surface area contributed by atoms with Crippen LogP contribution in [-0.4, -0.2) is 57.5 Å². The van der Waals surface area contributed by atoms with Gasteiger partial charge < -0.3 is 16.0 Å². The summed E-state index contributed by atoms with van der Waals surface area (Å²) in [5.41, 5.74) is 0. The second-order valence-electron chi connectivity index (χ2n) is 6.09. The molecule has 128 valence electrons. The molecule has 1 fully saturated rings. The highest BCUT2D eigenvalue weighted by Crippen LogP contribution is 2.11. The molecule has 1 aliphatic rings. The minimum atomic E-state index is -2.96. The Labute approximate surface area is 133 Å². The number of hydrogen-bond donors (Lipinski definition) is 3. The molecule has 0 bridgehead atoms. The Morgan fingerprint density at radius 2 is 2.00 bits per heavy atom. The Bertz CT molecular complexity index is 502. The standard InChI is InChI=1S/C14H28N4O3S/c1-10(2)11(3)17-14(15-4)16-7-5-13(19)18-12-6-8-22(20,21)9-12/h10-12H,5-9H2,1-4H3,(H,18,19)(H2,15,16,17). The van der Waals surface area contributed by atoms with Crippen molar-refractivity contribution in [3.8, 4) is 0 Å². The van der Waals surface area contributed by atoms with Gasteiger partial charge in [-0.1, -0.05) is 13.8 Å². The molecule has 8 heteroatoms. The van der Waals surface area contributed by atoms with Gasteiger partial charge in [-0.3, -0.25) is 9.79 Å². The maximum absolute atomic E-state index is 11.8. The first-order valence-electron chi connectivity index (χ1n) is 7.70. The van der Waals surface area contributed by atoms with Gasteiger partial charge in [0.2, 0.25) is 5.91 Å². The third kappa shape index (κ3) is 6.64. The van der Waals surface area contributed by atoms with Gasteiger partial charge >= 0.3 is 0 Å². The van der Waals surface area contributed by atoms with Crippen LogP contribution in [0.1, 0.15) is 33.6 Å². The van der Waals surface area contributed by atoms with Crippen LogP contribution in [0.2, 0.25) is 0 Å². The second kappa shape index (κ2) is 8.36. The molecule has 1 amide bonds. The number of aliphatic imine (C=N–C) groups is 1. The quantitative estimate of drug-likeness (QED) is 0.465. The molecule has 2 unspecified atom stereocenters. The van der Waals surface area contributed by atoms with Gasteiger partial charge in [0.15, 0.2) is 15.8 Å². The van der Waals surface area contributed by atoms with Crippen LogP contribution in [0.4, 0.5) is 0 Å². The van der Waals surface area contributed by atoms with E-state index in [2.05, 4.69) is 41.7 Å². The van der Waals surface area contributed by atoms with E-state index in [1.165, 1.54) is 0 Å². The van der Waals surface area contributed by atoms with E-state index in [0.717, 1.165) is 0 Å². The van der Waals surface area contributed by atoms with Gasteiger partial charge in [0.05, 0.1) is 11.5 Å². The number of carbonyl (C=O) groups is 1. The molecular weight excluding hydrogens is 304 g/mol. The fourth-order valence-corrected chi connectivity index (χ4v) is 3.75. The summed E-state index contributed by atoms with van der Waals surface area (Å²) >= 11 is 0. The molecule has 0 aromatic rings. The van der Waals surface area contributed by atoms with E-state index in [-0.39, 0.29) is 35.9 Å². The Morgan fingerprint density at radius 3 is 2.50 bits per heavy atom.